The van der Waals surface area contributed by atoms with Crippen LogP contribution in [-0.2, 0) is 11.3 Å². The van der Waals surface area contributed by atoms with Crippen molar-refractivity contribution >= 4 is 11.8 Å². The highest BCUT2D eigenvalue weighted by Gasteiger charge is 2.17. The number of anilines is 1. The van der Waals surface area contributed by atoms with Gasteiger partial charge in [-0.3, -0.25) is 4.90 Å². The Hall–Kier alpha value is -2.87. The number of nitrogens with zero attached hydrogens (tertiary/aromatic N) is 2. The number of carbonyl (C=O) groups excluding carboxylic acids is 1. The molecule has 106 valence electrons. The quantitative estimate of drug-likeness (QED) is 0.807. The molecule has 0 aromatic heterocycles. The molecule has 2 aromatic rings. The highest BCUT2D eigenvalue weighted by Crippen LogP contribution is 2.16. The Morgan fingerprint density at radius 3 is 2.43 bits per heavy atom. The lowest BCUT2D eigenvalue weighted by Gasteiger charge is -2.19. The lowest BCUT2D eigenvalue weighted by molar-refractivity contribution is 0.148. The zero-order chi connectivity index (χ0) is 15.1. The molecular weight excluding hydrogens is 271 g/mol. The lowest BCUT2D eigenvalue weighted by Crippen LogP contribution is -2.31. The fourth-order valence-electron chi connectivity index (χ4n) is 1.75. The summed E-state index contributed by atoms with van der Waals surface area (Å²) in [5.74, 6) is -0.409. The molecule has 0 fully saturated rings. The molecule has 21 heavy (non-hydrogen) atoms. The fourth-order valence-corrected chi connectivity index (χ4v) is 1.75. The third-order valence-electron chi connectivity index (χ3n) is 2.79. The number of nitriles is 1. The highest BCUT2D eigenvalue weighted by molar-refractivity contribution is 5.88. The van der Waals surface area contributed by atoms with Crippen LogP contribution in [0.3, 0.4) is 0 Å². The zero-order valence-corrected chi connectivity index (χ0v) is 11.2. The molecule has 0 spiro atoms. The van der Waals surface area contributed by atoms with Gasteiger partial charge in [-0.1, -0.05) is 30.3 Å². The predicted molar refractivity (Wildman–Crippen MR) is 76.0 cm³/mol. The van der Waals surface area contributed by atoms with Crippen LogP contribution in [0, 0.1) is 17.1 Å². The molecule has 4 nitrogen and oxygen atoms in total. The molecule has 0 bridgehead atoms. The Morgan fingerprint density at radius 1 is 1.14 bits per heavy atom. The molecule has 0 N–H and O–H groups in total. The van der Waals surface area contributed by atoms with Crippen molar-refractivity contribution in [1.82, 2.24) is 0 Å². The SMILES string of the molecule is N#CCN(C(=O)OCc1ccccc1)c1ccc(F)cc1. The summed E-state index contributed by atoms with van der Waals surface area (Å²) in [5, 5.41) is 8.81. The zero-order valence-electron chi connectivity index (χ0n) is 11.2. The Labute approximate surface area is 122 Å². The van der Waals surface area contributed by atoms with Crippen LogP contribution >= 0.6 is 0 Å². The van der Waals surface area contributed by atoms with E-state index in [2.05, 4.69) is 0 Å². The van der Waals surface area contributed by atoms with E-state index in [-0.39, 0.29) is 13.2 Å². The van der Waals surface area contributed by atoms with E-state index in [1.807, 2.05) is 36.4 Å². The molecule has 0 unspecified atom stereocenters. The van der Waals surface area contributed by atoms with Crippen LogP contribution in [0.4, 0.5) is 14.9 Å². The Balaban J connectivity index is 2.06. The minimum atomic E-state index is -0.646. The first-order chi connectivity index (χ1) is 10.2. The van der Waals surface area contributed by atoms with Gasteiger partial charge in [0.1, 0.15) is 19.0 Å². The molecule has 0 atom stereocenters. The molecule has 0 aliphatic heterocycles. The number of carbonyl (C=O) groups is 1. The molecule has 2 aromatic carbocycles. The molecular formula is C16H13FN2O2. The molecule has 0 heterocycles. The van der Waals surface area contributed by atoms with Gasteiger partial charge in [-0.15, -0.1) is 0 Å². The number of hydrogen-bond acceptors (Lipinski definition) is 3. The summed E-state index contributed by atoms with van der Waals surface area (Å²) in [6, 6.07) is 16.4. The molecule has 5 heteroatoms. The minimum absolute atomic E-state index is 0.114. The number of rotatable bonds is 4. The average molecular weight is 284 g/mol. The third kappa shape index (κ3) is 4.05. The van der Waals surface area contributed by atoms with E-state index in [0.29, 0.717) is 5.69 Å². The first kappa shape index (κ1) is 14.5. The van der Waals surface area contributed by atoms with Gasteiger partial charge in [0.05, 0.1) is 6.07 Å². The van der Waals surface area contributed by atoms with E-state index >= 15 is 0 Å². The largest absolute Gasteiger partial charge is 0.444 e. The van der Waals surface area contributed by atoms with Gasteiger partial charge >= 0.3 is 6.09 Å². The summed E-state index contributed by atoms with van der Waals surface area (Å²) in [7, 11) is 0. The fraction of sp³-hybridized carbons (Fsp3) is 0.125. The Kier molecular flexibility index (Phi) is 4.89. The van der Waals surface area contributed by atoms with E-state index in [1.54, 1.807) is 0 Å². The van der Waals surface area contributed by atoms with E-state index in [1.165, 1.54) is 24.3 Å². The second-order valence-electron chi connectivity index (χ2n) is 4.26. The molecule has 0 aliphatic carbocycles. The number of halogens is 1. The molecule has 1 amide bonds. The first-order valence-electron chi connectivity index (χ1n) is 6.31. The van der Waals surface area contributed by atoms with Crippen molar-refractivity contribution in [1.29, 1.82) is 5.26 Å². The van der Waals surface area contributed by atoms with Gasteiger partial charge in [-0.2, -0.15) is 5.26 Å². The maximum Gasteiger partial charge on any atom is 0.415 e. The van der Waals surface area contributed by atoms with Crippen molar-refractivity contribution in [2.75, 3.05) is 11.4 Å². The summed E-state index contributed by atoms with van der Waals surface area (Å²) in [6.07, 6.45) is -0.646. The van der Waals surface area contributed by atoms with Gasteiger partial charge in [-0.05, 0) is 29.8 Å². The second kappa shape index (κ2) is 7.06. The topological polar surface area (TPSA) is 53.3 Å². The summed E-state index contributed by atoms with van der Waals surface area (Å²) in [6.45, 7) is -0.0535. The standard InChI is InChI=1S/C16H13FN2O2/c17-14-6-8-15(9-7-14)19(11-10-18)16(20)21-12-13-4-2-1-3-5-13/h1-9H,11-12H2. The Morgan fingerprint density at radius 2 is 1.81 bits per heavy atom. The van der Waals surface area contributed by atoms with Gasteiger partial charge in [0, 0.05) is 5.69 Å². The summed E-state index contributed by atoms with van der Waals surface area (Å²) >= 11 is 0. The van der Waals surface area contributed by atoms with E-state index in [9.17, 15) is 9.18 Å². The monoisotopic (exact) mass is 284 g/mol. The van der Waals surface area contributed by atoms with E-state index < -0.39 is 11.9 Å². The number of ether oxygens (including phenoxy) is 1. The maximum atomic E-state index is 12.9. The first-order valence-corrected chi connectivity index (χ1v) is 6.31. The average Bonchev–Trinajstić information content (AvgIpc) is 2.52. The Bertz CT molecular complexity index is 636. The summed E-state index contributed by atoms with van der Waals surface area (Å²) in [4.78, 5) is 13.2. The van der Waals surface area contributed by atoms with Crippen LogP contribution in [0.15, 0.2) is 54.6 Å². The van der Waals surface area contributed by atoms with Crippen molar-refractivity contribution in [3.8, 4) is 6.07 Å². The highest BCUT2D eigenvalue weighted by atomic mass is 19.1. The molecule has 0 saturated carbocycles. The molecule has 0 radical (unpaired) electrons. The lowest BCUT2D eigenvalue weighted by atomic mass is 10.2. The minimum Gasteiger partial charge on any atom is -0.444 e. The number of hydrogen-bond donors (Lipinski definition) is 0. The smallest absolute Gasteiger partial charge is 0.415 e. The van der Waals surface area contributed by atoms with Crippen LogP contribution in [0.2, 0.25) is 0 Å². The van der Waals surface area contributed by atoms with Crippen molar-refractivity contribution in [2.45, 2.75) is 6.61 Å². The summed E-state index contributed by atoms with van der Waals surface area (Å²) in [5.41, 5.74) is 1.26. The molecule has 2 rings (SSSR count). The van der Waals surface area contributed by atoms with Crippen LogP contribution in [0.25, 0.3) is 0 Å². The van der Waals surface area contributed by atoms with Gasteiger partial charge in [0.15, 0.2) is 0 Å². The van der Waals surface area contributed by atoms with Gasteiger partial charge < -0.3 is 4.74 Å². The van der Waals surface area contributed by atoms with Crippen molar-refractivity contribution in [2.24, 2.45) is 0 Å². The van der Waals surface area contributed by atoms with Crippen LogP contribution in [-0.4, -0.2) is 12.6 Å². The third-order valence-corrected chi connectivity index (χ3v) is 2.79. The number of amides is 1. The van der Waals surface area contributed by atoms with Gasteiger partial charge in [-0.25, -0.2) is 9.18 Å². The normalized spacial score (nSPS) is 9.71. The van der Waals surface area contributed by atoms with Crippen molar-refractivity contribution in [3.05, 3.63) is 66.0 Å². The van der Waals surface area contributed by atoms with Crippen LogP contribution < -0.4 is 4.90 Å². The van der Waals surface area contributed by atoms with Crippen LogP contribution in [0.1, 0.15) is 5.56 Å². The van der Waals surface area contributed by atoms with Gasteiger partial charge in [0.2, 0.25) is 0 Å². The van der Waals surface area contributed by atoms with Crippen molar-refractivity contribution < 1.29 is 13.9 Å². The molecule has 0 aliphatic rings. The summed E-state index contributed by atoms with van der Waals surface area (Å²) < 4.78 is 18.1. The van der Waals surface area contributed by atoms with E-state index in [4.69, 9.17) is 10.00 Å². The van der Waals surface area contributed by atoms with Gasteiger partial charge in [0.25, 0.3) is 0 Å². The van der Waals surface area contributed by atoms with Crippen LogP contribution in [0.5, 0.6) is 0 Å². The van der Waals surface area contributed by atoms with E-state index in [0.717, 1.165) is 10.5 Å². The maximum absolute atomic E-state index is 12.9. The predicted octanol–water partition coefficient (Wildman–Crippen LogP) is 3.49. The molecule has 0 saturated heterocycles. The number of benzene rings is 2. The second-order valence-corrected chi connectivity index (χ2v) is 4.26. The van der Waals surface area contributed by atoms with Crippen molar-refractivity contribution in [3.63, 3.8) is 0 Å².